The summed E-state index contributed by atoms with van der Waals surface area (Å²) in [6.07, 6.45) is -6.24. The summed E-state index contributed by atoms with van der Waals surface area (Å²) in [6.45, 7) is 4.91. The van der Waals surface area contributed by atoms with E-state index in [-0.39, 0.29) is 17.1 Å². The lowest BCUT2D eigenvalue weighted by molar-refractivity contribution is -0.253. The Morgan fingerprint density at radius 1 is 1.14 bits per heavy atom. The zero-order chi connectivity index (χ0) is 21.1. The van der Waals surface area contributed by atoms with Crippen molar-refractivity contribution in [1.29, 1.82) is 0 Å². The van der Waals surface area contributed by atoms with Crippen molar-refractivity contribution < 1.29 is 31.2 Å². The van der Waals surface area contributed by atoms with E-state index in [0.29, 0.717) is 6.07 Å². The van der Waals surface area contributed by atoms with Gasteiger partial charge in [-0.2, -0.15) is 17.6 Å². The predicted octanol–water partition coefficient (Wildman–Crippen LogP) is 4.15. The Hall–Kier alpha value is -2.27. The molecule has 0 fully saturated rings. The first-order chi connectivity index (χ1) is 12.9. The lowest BCUT2D eigenvalue weighted by Gasteiger charge is -2.20. The maximum Gasteiger partial charge on any atom is 0.461 e. The Kier molecular flexibility index (Phi) is 6.60. The van der Waals surface area contributed by atoms with Gasteiger partial charge in [-0.05, 0) is 39.0 Å². The summed E-state index contributed by atoms with van der Waals surface area (Å²) in [4.78, 5) is 7.89. The van der Waals surface area contributed by atoms with E-state index in [9.17, 15) is 26.5 Å². The lowest BCUT2D eigenvalue weighted by atomic mass is 10.1. The highest BCUT2D eigenvalue weighted by Gasteiger charge is 2.44. The van der Waals surface area contributed by atoms with Crippen LogP contribution in [0.5, 0.6) is 5.75 Å². The molecular weight excluding hydrogens is 405 g/mol. The van der Waals surface area contributed by atoms with Crippen LogP contribution in [0.1, 0.15) is 32.2 Å². The Balaban J connectivity index is 2.56. The number of halogens is 5. The van der Waals surface area contributed by atoms with Gasteiger partial charge in [-0.3, -0.25) is 0 Å². The maximum atomic E-state index is 14.0. The average Bonchev–Trinajstić information content (AvgIpc) is 2.58. The first kappa shape index (κ1) is 22.0. The summed E-state index contributed by atoms with van der Waals surface area (Å²) >= 11 is -1.83. The second-order valence-electron chi connectivity index (χ2n) is 6.51. The van der Waals surface area contributed by atoms with Crippen molar-refractivity contribution in [3.8, 4) is 5.75 Å². The fraction of sp³-hybridized carbons (Fsp3) is 0.353. The highest BCUT2D eigenvalue weighted by Crippen LogP contribution is 2.29. The zero-order valence-corrected chi connectivity index (χ0v) is 15.8. The molecule has 0 aliphatic rings. The van der Waals surface area contributed by atoms with Crippen molar-refractivity contribution in [1.82, 2.24) is 9.97 Å². The van der Waals surface area contributed by atoms with Crippen molar-refractivity contribution >= 4 is 17.1 Å². The SMILES string of the molecule is CC(C)(C)[S+]([O-])/N=C(\c1cc(F)cc(OC(F)(F)C(F)F)c1)c1ncccn1. The fourth-order valence-electron chi connectivity index (χ4n) is 1.82. The number of hydrogen-bond donors (Lipinski definition) is 0. The molecule has 0 amide bonds. The smallest absolute Gasteiger partial charge is 0.461 e. The first-order valence-electron chi connectivity index (χ1n) is 7.84. The molecule has 0 aliphatic carbocycles. The van der Waals surface area contributed by atoms with E-state index in [1.54, 1.807) is 20.8 Å². The van der Waals surface area contributed by atoms with Gasteiger partial charge in [0.15, 0.2) is 11.5 Å². The van der Waals surface area contributed by atoms with E-state index in [1.807, 2.05) is 0 Å². The molecule has 28 heavy (non-hydrogen) atoms. The molecule has 11 heteroatoms. The van der Waals surface area contributed by atoms with Crippen LogP contribution in [-0.2, 0) is 11.4 Å². The zero-order valence-electron chi connectivity index (χ0n) is 15.0. The van der Waals surface area contributed by atoms with Crippen LogP contribution in [0.3, 0.4) is 0 Å². The van der Waals surface area contributed by atoms with Crippen molar-refractivity contribution in [3.05, 3.63) is 53.9 Å². The minimum atomic E-state index is -4.82. The molecule has 0 radical (unpaired) electrons. The third kappa shape index (κ3) is 5.61. The van der Waals surface area contributed by atoms with Gasteiger partial charge in [0, 0.05) is 24.0 Å². The van der Waals surface area contributed by atoms with Gasteiger partial charge in [0.2, 0.25) is 0 Å². The van der Waals surface area contributed by atoms with Crippen LogP contribution in [0.4, 0.5) is 22.0 Å². The largest absolute Gasteiger partial charge is 0.591 e. The molecule has 0 spiro atoms. The molecule has 1 heterocycles. The predicted molar refractivity (Wildman–Crippen MR) is 93.5 cm³/mol. The monoisotopic (exact) mass is 421 g/mol. The number of benzene rings is 1. The van der Waals surface area contributed by atoms with Gasteiger partial charge >= 0.3 is 12.5 Å². The molecule has 1 unspecified atom stereocenters. The fourth-order valence-corrected chi connectivity index (χ4v) is 2.45. The Morgan fingerprint density at radius 2 is 1.75 bits per heavy atom. The summed E-state index contributed by atoms with van der Waals surface area (Å²) in [5, 5.41) is 0. The highest BCUT2D eigenvalue weighted by atomic mass is 32.2. The Labute approximate surface area is 161 Å². The van der Waals surface area contributed by atoms with E-state index in [4.69, 9.17) is 0 Å². The molecule has 1 aromatic carbocycles. The summed E-state index contributed by atoms with van der Waals surface area (Å²) in [5.41, 5.74) is -0.331. The third-order valence-electron chi connectivity index (χ3n) is 3.13. The van der Waals surface area contributed by atoms with Gasteiger partial charge in [0.05, 0.1) is 0 Å². The molecule has 2 aromatic rings. The third-order valence-corrected chi connectivity index (χ3v) is 4.52. The van der Waals surface area contributed by atoms with Crippen molar-refractivity contribution in [3.63, 3.8) is 0 Å². The van der Waals surface area contributed by atoms with Crippen molar-refractivity contribution in [2.24, 2.45) is 4.40 Å². The number of hydrogen-bond acceptors (Lipinski definition) is 5. The van der Waals surface area contributed by atoms with E-state index in [0.717, 1.165) is 12.1 Å². The van der Waals surface area contributed by atoms with Crippen LogP contribution in [0.25, 0.3) is 0 Å². The summed E-state index contributed by atoms with van der Waals surface area (Å²) in [5.74, 6) is -1.97. The minimum absolute atomic E-state index is 0.0581. The summed E-state index contributed by atoms with van der Waals surface area (Å²) < 4.78 is 84.7. The highest BCUT2D eigenvalue weighted by molar-refractivity contribution is 7.91. The van der Waals surface area contributed by atoms with Crippen LogP contribution < -0.4 is 4.74 Å². The van der Waals surface area contributed by atoms with E-state index < -0.39 is 40.2 Å². The lowest BCUT2D eigenvalue weighted by Crippen LogP contribution is -2.33. The Morgan fingerprint density at radius 3 is 2.29 bits per heavy atom. The van der Waals surface area contributed by atoms with Crippen LogP contribution >= 0.6 is 0 Å². The molecule has 1 aromatic heterocycles. The van der Waals surface area contributed by atoms with Gasteiger partial charge in [-0.1, -0.05) is 4.40 Å². The van der Waals surface area contributed by atoms with Crippen LogP contribution in [0.15, 0.2) is 41.1 Å². The molecule has 0 N–H and O–H groups in total. The molecule has 1 atom stereocenters. The Bertz CT molecular complexity index is 844. The molecule has 0 aliphatic heterocycles. The quantitative estimate of drug-likeness (QED) is 0.399. The van der Waals surface area contributed by atoms with Crippen LogP contribution in [-0.4, -0.2) is 37.5 Å². The second-order valence-corrected chi connectivity index (χ2v) is 8.42. The van der Waals surface area contributed by atoms with Crippen LogP contribution in [0.2, 0.25) is 0 Å². The molecular formula is C17H16F5N3O2S. The number of rotatable bonds is 6. The average molecular weight is 421 g/mol. The van der Waals surface area contributed by atoms with E-state index >= 15 is 0 Å². The molecule has 0 saturated heterocycles. The van der Waals surface area contributed by atoms with Crippen molar-refractivity contribution in [2.75, 3.05) is 0 Å². The second kappa shape index (κ2) is 8.39. The number of ether oxygens (including phenoxy) is 1. The topological polar surface area (TPSA) is 70.4 Å². The van der Waals surface area contributed by atoms with Crippen molar-refractivity contribution in [2.45, 2.75) is 38.1 Å². The standard InChI is InChI=1S/C17H16F5N3O2S/c1-16(2,3)28(26)25-13(14-23-5-4-6-24-14)10-7-11(18)9-12(8-10)27-17(21,22)15(19)20/h4-9,15H,1-3H3/b25-13+. The summed E-state index contributed by atoms with van der Waals surface area (Å²) in [6, 6.07) is 3.77. The molecule has 0 bridgehead atoms. The molecule has 2 rings (SSSR count). The van der Waals surface area contributed by atoms with Gasteiger partial charge in [-0.25, -0.2) is 14.4 Å². The maximum absolute atomic E-state index is 14.0. The van der Waals surface area contributed by atoms with Gasteiger partial charge in [0.25, 0.3) is 0 Å². The number of alkyl halides is 4. The molecule has 152 valence electrons. The van der Waals surface area contributed by atoms with Crippen LogP contribution in [0, 0.1) is 5.82 Å². The summed E-state index contributed by atoms with van der Waals surface area (Å²) in [7, 11) is 0. The van der Waals surface area contributed by atoms with Gasteiger partial charge in [0.1, 0.15) is 27.7 Å². The minimum Gasteiger partial charge on any atom is -0.591 e. The van der Waals surface area contributed by atoms with Gasteiger partial charge in [-0.15, -0.1) is 0 Å². The molecule has 0 saturated carbocycles. The van der Waals surface area contributed by atoms with E-state index in [2.05, 4.69) is 19.1 Å². The number of aromatic nitrogens is 2. The van der Waals surface area contributed by atoms with Gasteiger partial charge < -0.3 is 9.29 Å². The molecule has 5 nitrogen and oxygen atoms in total. The normalized spacial score (nSPS) is 14.3. The van der Waals surface area contributed by atoms with E-state index in [1.165, 1.54) is 18.5 Å². The first-order valence-corrected chi connectivity index (χ1v) is 8.95. The number of nitrogens with zero attached hydrogens (tertiary/aromatic N) is 3.